The van der Waals surface area contributed by atoms with Crippen LogP contribution in [0, 0.1) is 11.8 Å². The highest BCUT2D eigenvalue weighted by Gasteiger charge is 2.39. The average molecular weight is 815 g/mol. The zero-order valence-corrected chi connectivity index (χ0v) is 36.9. The van der Waals surface area contributed by atoms with Crippen LogP contribution in [0.3, 0.4) is 0 Å². The van der Waals surface area contributed by atoms with Crippen LogP contribution in [-0.2, 0) is 23.2 Å². The molecule has 0 aromatic carbocycles. The zero-order chi connectivity index (χ0) is 41.7. The molecule has 1 aliphatic carbocycles. The van der Waals surface area contributed by atoms with Crippen LogP contribution in [0.1, 0.15) is 168 Å². The van der Waals surface area contributed by atoms with E-state index in [4.69, 9.17) is 9.05 Å². The number of unbranched alkanes of at least 4 members (excludes halogenated alkanes) is 17. The summed E-state index contributed by atoms with van der Waals surface area (Å²) in [6, 6.07) is -0.971. The lowest BCUT2D eigenvalue weighted by atomic mass is 9.88. The molecular formula is C44H83N2O9P. The SMILES string of the molecule is CCCCCCCCCCCCCC/C=C/[C@@H](O)[C@H](COP(=O)([O-])OCC[N+](C)(C)C)NC(=O)CCCCCC[C@H]1[C@@H](O)CC(=O)[C@@H]1/C=C/[C@@H](O)CCCCC. The fourth-order valence-corrected chi connectivity index (χ4v) is 7.90. The van der Waals surface area contributed by atoms with Gasteiger partial charge in [-0.25, -0.2) is 0 Å². The van der Waals surface area contributed by atoms with Gasteiger partial charge in [-0.05, 0) is 38.0 Å². The molecule has 1 amide bonds. The number of carbonyl (C=O) groups excluding carboxylic acids is 2. The summed E-state index contributed by atoms with van der Waals surface area (Å²) < 4.78 is 23.2. The van der Waals surface area contributed by atoms with E-state index < -0.39 is 38.8 Å². The van der Waals surface area contributed by atoms with Crippen molar-refractivity contribution < 1.29 is 47.9 Å². The predicted molar refractivity (Wildman–Crippen MR) is 225 cm³/mol. The number of carbonyl (C=O) groups is 2. The molecule has 4 N–H and O–H groups in total. The zero-order valence-electron chi connectivity index (χ0n) is 36.1. The van der Waals surface area contributed by atoms with Crippen molar-refractivity contribution in [1.82, 2.24) is 5.32 Å². The molecule has 0 saturated heterocycles. The van der Waals surface area contributed by atoms with E-state index in [1.807, 2.05) is 27.2 Å². The lowest BCUT2D eigenvalue weighted by Gasteiger charge is -2.29. The first-order valence-corrected chi connectivity index (χ1v) is 23.8. The molecule has 7 atom stereocenters. The number of rotatable bonds is 36. The minimum Gasteiger partial charge on any atom is -0.756 e. The number of amides is 1. The second kappa shape index (κ2) is 31.5. The number of hydrogen-bond acceptors (Lipinski definition) is 9. The maximum atomic E-state index is 13.0. The predicted octanol–water partition coefficient (Wildman–Crippen LogP) is 8.09. The van der Waals surface area contributed by atoms with Gasteiger partial charge < -0.3 is 39.1 Å². The highest BCUT2D eigenvalue weighted by Crippen LogP contribution is 2.38. The van der Waals surface area contributed by atoms with E-state index in [9.17, 15) is 34.4 Å². The summed E-state index contributed by atoms with van der Waals surface area (Å²) in [5, 5.41) is 34.6. The molecule has 0 spiro atoms. The standard InChI is InChI=1S/C44H83N2O9P/c1-6-8-10-11-12-13-14-15-16-17-18-19-20-25-29-41(48)40(36-55-56(52,53)54-34-33-46(3,4)5)45-44(51)30-26-22-21-24-28-38-39(43(50)35-42(38)49)32-31-37(47)27-23-9-7-2/h25,29,31-32,37-42,47-49H,6-24,26-28,30,33-36H2,1-5H3,(H-,45,51,52,53)/b29-25+,32-31+/t37-,38+,39+,40-,41+,42-/m0/s1. The van der Waals surface area contributed by atoms with E-state index in [-0.39, 0.29) is 43.0 Å². The Hall–Kier alpha value is -1.43. The van der Waals surface area contributed by atoms with Gasteiger partial charge in [0.25, 0.3) is 7.82 Å². The third kappa shape index (κ3) is 27.3. The molecule has 0 radical (unpaired) electrons. The number of phosphoric acid groups is 1. The Balaban J connectivity index is 2.54. The van der Waals surface area contributed by atoms with E-state index in [0.717, 1.165) is 57.8 Å². The Kier molecular flexibility index (Phi) is 29.6. The molecule has 0 aliphatic heterocycles. The summed E-state index contributed by atoms with van der Waals surface area (Å²) in [5.41, 5.74) is 0. The Bertz CT molecular complexity index is 1130. The monoisotopic (exact) mass is 815 g/mol. The molecule has 11 nitrogen and oxygen atoms in total. The minimum atomic E-state index is -4.65. The number of quaternary nitrogens is 1. The summed E-state index contributed by atoms with van der Waals surface area (Å²) in [6.07, 6.45) is 28.3. The van der Waals surface area contributed by atoms with Gasteiger partial charge in [-0.3, -0.25) is 14.2 Å². The molecule has 1 unspecified atom stereocenters. The van der Waals surface area contributed by atoms with Gasteiger partial charge in [0.15, 0.2) is 0 Å². The van der Waals surface area contributed by atoms with Crippen LogP contribution in [0.2, 0.25) is 0 Å². The number of phosphoric ester groups is 1. The van der Waals surface area contributed by atoms with Gasteiger partial charge in [0, 0.05) is 18.8 Å². The first kappa shape index (κ1) is 52.6. The Morgan fingerprint density at radius 1 is 0.857 bits per heavy atom. The van der Waals surface area contributed by atoms with Gasteiger partial charge in [0.1, 0.15) is 18.9 Å². The van der Waals surface area contributed by atoms with Crippen LogP contribution in [0.4, 0.5) is 0 Å². The Morgan fingerprint density at radius 3 is 2.05 bits per heavy atom. The molecule has 1 aliphatic rings. The number of ketones is 1. The largest absolute Gasteiger partial charge is 0.756 e. The maximum Gasteiger partial charge on any atom is 0.268 e. The third-order valence-corrected chi connectivity index (χ3v) is 11.8. The molecule has 0 aromatic rings. The number of nitrogens with one attached hydrogen (secondary N) is 1. The van der Waals surface area contributed by atoms with Gasteiger partial charge in [-0.15, -0.1) is 0 Å². The molecular weight excluding hydrogens is 731 g/mol. The molecule has 1 fully saturated rings. The lowest BCUT2D eigenvalue weighted by Crippen LogP contribution is -2.45. The van der Waals surface area contributed by atoms with E-state index in [1.165, 1.54) is 64.2 Å². The van der Waals surface area contributed by atoms with Crippen LogP contribution < -0.4 is 10.2 Å². The second-order valence-corrected chi connectivity index (χ2v) is 18.6. The van der Waals surface area contributed by atoms with E-state index >= 15 is 0 Å². The van der Waals surface area contributed by atoms with Crippen molar-refractivity contribution in [1.29, 1.82) is 0 Å². The average Bonchev–Trinajstić information content (AvgIpc) is 3.40. The van der Waals surface area contributed by atoms with Crippen LogP contribution in [0.5, 0.6) is 0 Å². The summed E-state index contributed by atoms with van der Waals surface area (Å²) >= 11 is 0. The fraction of sp³-hybridized carbons (Fsp3) is 0.864. The number of aliphatic hydroxyl groups is 3. The van der Waals surface area contributed by atoms with Crippen molar-refractivity contribution in [3.8, 4) is 0 Å². The van der Waals surface area contributed by atoms with Crippen LogP contribution in [0.25, 0.3) is 0 Å². The highest BCUT2D eigenvalue weighted by molar-refractivity contribution is 7.45. The first-order chi connectivity index (χ1) is 26.7. The van der Waals surface area contributed by atoms with Crippen LogP contribution in [-0.4, -0.2) is 96.7 Å². The summed E-state index contributed by atoms with van der Waals surface area (Å²) in [7, 11) is 1.11. The number of allylic oxidation sites excluding steroid dienone is 2. The quantitative estimate of drug-likeness (QED) is 0.0212. The summed E-state index contributed by atoms with van der Waals surface area (Å²) in [6.45, 7) is 4.32. The van der Waals surface area contributed by atoms with Crippen molar-refractivity contribution >= 4 is 19.5 Å². The van der Waals surface area contributed by atoms with Crippen LogP contribution in [0.15, 0.2) is 24.3 Å². The molecule has 1 rings (SSSR count). The Morgan fingerprint density at radius 2 is 1.43 bits per heavy atom. The molecule has 328 valence electrons. The van der Waals surface area contributed by atoms with Crippen molar-refractivity contribution in [2.24, 2.45) is 11.8 Å². The van der Waals surface area contributed by atoms with Crippen molar-refractivity contribution in [3.05, 3.63) is 24.3 Å². The number of hydrogen-bond donors (Lipinski definition) is 4. The van der Waals surface area contributed by atoms with Gasteiger partial charge >= 0.3 is 0 Å². The molecule has 12 heteroatoms. The lowest BCUT2D eigenvalue weighted by molar-refractivity contribution is -0.870. The molecule has 0 aromatic heterocycles. The number of aliphatic hydroxyl groups excluding tert-OH is 3. The van der Waals surface area contributed by atoms with E-state index in [1.54, 1.807) is 18.2 Å². The van der Waals surface area contributed by atoms with Gasteiger partial charge in [-0.2, -0.15) is 0 Å². The normalized spacial score (nSPS) is 20.5. The van der Waals surface area contributed by atoms with Crippen molar-refractivity contribution in [3.63, 3.8) is 0 Å². The van der Waals surface area contributed by atoms with Crippen molar-refractivity contribution in [2.75, 3.05) is 40.9 Å². The fourth-order valence-electron chi connectivity index (χ4n) is 7.17. The Labute approximate surface area is 341 Å². The topological polar surface area (TPSA) is 165 Å². The number of nitrogens with zero attached hydrogens (tertiary/aromatic N) is 1. The van der Waals surface area contributed by atoms with E-state index in [0.29, 0.717) is 30.3 Å². The number of likely N-dealkylation sites (N-methyl/N-ethyl adjacent to an activating group) is 1. The highest BCUT2D eigenvalue weighted by atomic mass is 31.2. The molecule has 0 heterocycles. The smallest absolute Gasteiger partial charge is 0.268 e. The minimum absolute atomic E-state index is 0.0140. The van der Waals surface area contributed by atoms with Crippen LogP contribution >= 0.6 is 7.82 Å². The maximum absolute atomic E-state index is 13.0. The second-order valence-electron chi connectivity index (χ2n) is 17.2. The van der Waals surface area contributed by atoms with Gasteiger partial charge in [-0.1, -0.05) is 147 Å². The first-order valence-electron chi connectivity index (χ1n) is 22.3. The van der Waals surface area contributed by atoms with Crippen molar-refractivity contribution in [2.45, 2.75) is 192 Å². The molecule has 56 heavy (non-hydrogen) atoms. The summed E-state index contributed by atoms with van der Waals surface area (Å²) in [4.78, 5) is 38.0. The van der Waals surface area contributed by atoms with E-state index in [2.05, 4.69) is 19.2 Å². The van der Waals surface area contributed by atoms with Gasteiger partial charge in [0.05, 0.1) is 52.1 Å². The van der Waals surface area contributed by atoms with Gasteiger partial charge in [0.2, 0.25) is 5.91 Å². The third-order valence-electron chi connectivity index (χ3n) is 10.8. The summed E-state index contributed by atoms with van der Waals surface area (Å²) in [5.74, 6) is -0.847. The molecule has 0 bridgehead atoms. The number of Topliss-reactive ketones (excluding diaryl/α,β-unsaturated/α-hetero) is 1. The molecule has 1 saturated carbocycles.